The van der Waals surface area contributed by atoms with E-state index in [4.69, 9.17) is 0 Å². The number of hydrogen-bond acceptors (Lipinski definition) is 2. The molecule has 2 rings (SSSR count). The topological polar surface area (TPSA) is 24.7 Å². The molecule has 17 heavy (non-hydrogen) atoms. The average molecular weight is 226 g/mol. The van der Waals surface area contributed by atoms with Gasteiger partial charge in [-0.1, -0.05) is 56.2 Å². The minimum atomic E-state index is -0.105. The van der Waals surface area contributed by atoms with Crippen LogP contribution in [0.1, 0.15) is 37.7 Å². The Morgan fingerprint density at radius 2 is 1.82 bits per heavy atom. The Kier molecular flexibility index (Phi) is 3.89. The van der Waals surface area contributed by atoms with Gasteiger partial charge >= 0.3 is 0 Å². The van der Waals surface area contributed by atoms with E-state index in [1.54, 1.807) is 0 Å². The van der Waals surface area contributed by atoms with Crippen molar-refractivity contribution in [2.45, 2.75) is 37.6 Å². The molecule has 0 heterocycles. The summed E-state index contributed by atoms with van der Waals surface area (Å²) in [6.45, 7) is 3.55. The van der Waals surface area contributed by atoms with Crippen LogP contribution in [0.25, 0.3) is 0 Å². The highest BCUT2D eigenvalue weighted by Crippen LogP contribution is 2.40. The maximum atomic E-state index is 4.59. The predicted octanol–water partition coefficient (Wildman–Crippen LogP) is 4.16. The fourth-order valence-corrected chi connectivity index (χ4v) is 2.52. The summed E-state index contributed by atoms with van der Waals surface area (Å²) >= 11 is 0. The van der Waals surface area contributed by atoms with E-state index in [0.717, 1.165) is 12.8 Å². The van der Waals surface area contributed by atoms with Gasteiger partial charge in [0.2, 0.25) is 0 Å². The second kappa shape index (κ2) is 5.60. The van der Waals surface area contributed by atoms with Gasteiger partial charge in [0.25, 0.3) is 0 Å². The van der Waals surface area contributed by atoms with Gasteiger partial charge < -0.3 is 0 Å². The SMILES string of the molecule is C=CN=C=NC1(c2ccccc2)CCCCC1. The molecule has 0 N–H and O–H groups in total. The highest BCUT2D eigenvalue weighted by Gasteiger charge is 2.33. The molecule has 1 aromatic carbocycles. The number of aliphatic imine (C=N–C) groups is 2. The van der Waals surface area contributed by atoms with E-state index in [1.807, 2.05) is 6.07 Å². The van der Waals surface area contributed by atoms with Gasteiger partial charge in [-0.2, -0.15) is 4.99 Å². The second-order valence-electron chi connectivity index (χ2n) is 4.48. The van der Waals surface area contributed by atoms with Gasteiger partial charge in [-0.05, 0) is 18.4 Å². The van der Waals surface area contributed by atoms with Gasteiger partial charge in [0.1, 0.15) is 0 Å². The molecule has 0 atom stereocenters. The van der Waals surface area contributed by atoms with Crippen LogP contribution >= 0.6 is 0 Å². The molecule has 0 amide bonds. The monoisotopic (exact) mass is 226 g/mol. The lowest BCUT2D eigenvalue weighted by Gasteiger charge is -2.32. The Labute approximate surface area is 103 Å². The summed E-state index contributed by atoms with van der Waals surface area (Å²) in [7, 11) is 0. The van der Waals surface area contributed by atoms with E-state index in [1.165, 1.54) is 31.0 Å². The Hall–Kier alpha value is -1.66. The third-order valence-corrected chi connectivity index (χ3v) is 3.40. The standard InChI is InChI=1S/C15H18N2/c1-2-16-13-17-15(11-7-4-8-12-15)14-9-5-3-6-10-14/h2-3,5-6,9-10H,1,4,7-8,11-12H2. The predicted molar refractivity (Wildman–Crippen MR) is 71.3 cm³/mol. The lowest BCUT2D eigenvalue weighted by molar-refractivity contribution is 0.306. The summed E-state index contributed by atoms with van der Waals surface area (Å²) in [4.78, 5) is 8.47. The molecular weight excluding hydrogens is 208 g/mol. The number of benzene rings is 1. The van der Waals surface area contributed by atoms with E-state index >= 15 is 0 Å². The van der Waals surface area contributed by atoms with Crippen molar-refractivity contribution in [2.75, 3.05) is 0 Å². The summed E-state index contributed by atoms with van der Waals surface area (Å²) in [5, 5.41) is 0. The molecule has 0 radical (unpaired) electrons. The fraction of sp³-hybridized carbons (Fsp3) is 0.400. The molecule has 0 spiro atoms. The van der Waals surface area contributed by atoms with Crippen LogP contribution in [0.5, 0.6) is 0 Å². The van der Waals surface area contributed by atoms with E-state index in [2.05, 4.69) is 46.8 Å². The number of rotatable bonds is 3. The van der Waals surface area contributed by atoms with Gasteiger partial charge in [0, 0.05) is 6.20 Å². The van der Waals surface area contributed by atoms with Crippen molar-refractivity contribution < 1.29 is 0 Å². The molecule has 2 heteroatoms. The summed E-state index contributed by atoms with van der Waals surface area (Å²) in [6, 6.07) is 13.3. The fourth-order valence-electron chi connectivity index (χ4n) is 2.52. The third-order valence-electron chi connectivity index (χ3n) is 3.40. The van der Waals surface area contributed by atoms with Gasteiger partial charge in [0.05, 0.1) is 11.5 Å². The van der Waals surface area contributed by atoms with Gasteiger partial charge in [0.15, 0.2) is 0 Å². The zero-order valence-electron chi connectivity index (χ0n) is 10.1. The highest BCUT2D eigenvalue weighted by atomic mass is 14.9. The van der Waals surface area contributed by atoms with Crippen molar-refractivity contribution in [3.63, 3.8) is 0 Å². The van der Waals surface area contributed by atoms with Gasteiger partial charge in [-0.25, -0.2) is 4.99 Å². The molecular formula is C15H18N2. The Bertz CT molecular complexity index is 421. The van der Waals surface area contributed by atoms with E-state index < -0.39 is 0 Å². The van der Waals surface area contributed by atoms with Crippen molar-refractivity contribution in [1.82, 2.24) is 0 Å². The summed E-state index contributed by atoms with van der Waals surface area (Å²) in [5.74, 6) is 0. The van der Waals surface area contributed by atoms with Crippen LogP contribution in [0.15, 0.2) is 53.1 Å². The van der Waals surface area contributed by atoms with Crippen molar-refractivity contribution in [3.05, 3.63) is 48.7 Å². The van der Waals surface area contributed by atoms with E-state index in [9.17, 15) is 0 Å². The average Bonchev–Trinajstić information content (AvgIpc) is 2.41. The molecule has 1 aliphatic rings. The first-order chi connectivity index (χ1) is 8.37. The smallest absolute Gasteiger partial charge is 0.0966 e. The van der Waals surface area contributed by atoms with Crippen LogP contribution in [-0.2, 0) is 5.54 Å². The molecule has 0 bridgehead atoms. The van der Waals surface area contributed by atoms with Crippen LogP contribution < -0.4 is 0 Å². The molecule has 1 aliphatic carbocycles. The first kappa shape index (κ1) is 11.8. The van der Waals surface area contributed by atoms with Crippen LogP contribution in [0.2, 0.25) is 0 Å². The molecule has 1 fully saturated rings. The maximum Gasteiger partial charge on any atom is 0.0966 e. The Morgan fingerprint density at radius 1 is 1.12 bits per heavy atom. The Balaban J connectivity index is 2.36. The van der Waals surface area contributed by atoms with Crippen molar-refractivity contribution in [2.24, 2.45) is 9.98 Å². The highest BCUT2D eigenvalue weighted by molar-refractivity contribution is 5.45. The van der Waals surface area contributed by atoms with Crippen molar-refractivity contribution in [3.8, 4) is 0 Å². The lowest BCUT2D eigenvalue weighted by Crippen LogP contribution is -2.26. The lowest BCUT2D eigenvalue weighted by atomic mass is 9.77. The van der Waals surface area contributed by atoms with Gasteiger partial charge in [-0.15, -0.1) is 0 Å². The minimum Gasteiger partial charge on any atom is -0.214 e. The van der Waals surface area contributed by atoms with Crippen molar-refractivity contribution >= 4 is 6.01 Å². The van der Waals surface area contributed by atoms with Crippen LogP contribution in [0, 0.1) is 0 Å². The normalized spacial score (nSPS) is 17.9. The molecule has 1 saturated carbocycles. The van der Waals surface area contributed by atoms with Gasteiger partial charge in [-0.3, -0.25) is 0 Å². The maximum absolute atomic E-state index is 4.59. The van der Waals surface area contributed by atoms with Crippen molar-refractivity contribution in [1.29, 1.82) is 0 Å². The quantitative estimate of drug-likeness (QED) is 0.691. The molecule has 2 nitrogen and oxygen atoms in total. The third kappa shape index (κ3) is 2.72. The first-order valence-corrected chi connectivity index (χ1v) is 6.21. The molecule has 88 valence electrons. The zero-order valence-corrected chi connectivity index (χ0v) is 10.1. The van der Waals surface area contributed by atoms with Crippen LogP contribution in [-0.4, -0.2) is 6.01 Å². The summed E-state index contributed by atoms with van der Waals surface area (Å²) < 4.78 is 0. The molecule has 0 saturated heterocycles. The van der Waals surface area contributed by atoms with Crippen LogP contribution in [0.4, 0.5) is 0 Å². The minimum absolute atomic E-state index is 0.105. The van der Waals surface area contributed by atoms with E-state index in [0.29, 0.717) is 0 Å². The molecule has 0 aliphatic heterocycles. The first-order valence-electron chi connectivity index (χ1n) is 6.21. The summed E-state index contributed by atoms with van der Waals surface area (Å²) in [5.41, 5.74) is 1.18. The van der Waals surface area contributed by atoms with E-state index in [-0.39, 0.29) is 5.54 Å². The number of nitrogens with zero attached hydrogens (tertiary/aromatic N) is 2. The Morgan fingerprint density at radius 3 is 2.47 bits per heavy atom. The molecule has 0 aromatic heterocycles. The zero-order chi connectivity index (χ0) is 12.0. The molecule has 0 unspecified atom stereocenters. The summed E-state index contributed by atoms with van der Waals surface area (Å²) in [6.07, 6.45) is 7.43. The number of hydrogen-bond donors (Lipinski definition) is 0. The second-order valence-corrected chi connectivity index (χ2v) is 4.48. The van der Waals surface area contributed by atoms with Crippen LogP contribution in [0.3, 0.4) is 0 Å². The molecule has 1 aromatic rings. The largest absolute Gasteiger partial charge is 0.214 e.